The van der Waals surface area contributed by atoms with Crippen LogP contribution in [-0.4, -0.2) is 23.4 Å². The quantitative estimate of drug-likeness (QED) is 0.368. The van der Waals surface area contributed by atoms with Crippen LogP contribution in [0.2, 0.25) is 0 Å². The minimum absolute atomic E-state index is 0. The molecule has 0 amide bonds. The summed E-state index contributed by atoms with van der Waals surface area (Å²) >= 11 is 7.33. The number of aliphatic hydroxyl groups excluding tert-OH is 2. The molecule has 0 fully saturated rings. The van der Waals surface area contributed by atoms with Gasteiger partial charge in [-0.25, -0.2) is 0 Å². The van der Waals surface area contributed by atoms with Gasteiger partial charge in [-0.2, -0.15) is 0 Å². The Labute approximate surface area is 88.2 Å². The molecule has 2 nitrogen and oxygen atoms in total. The van der Waals surface area contributed by atoms with Crippen molar-refractivity contribution in [3.63, 3.8) is 0 Å². The molecule has 0 radical (unpaired) electrons. The normalized spacial score (nSPS) is 4.50. The van der Waals surface area contributed by atoms with E-state index in [9.17, 15) is 0 Å². The van der Waals surface area contributed by atoms with Crippen molar-refractivity contribution in [1.82, 2.24) is 0 Å². The minimum Gasteiger partial charge on any atom is -1.00 e. The summed E-state index contributed by atoms with van der Waals surface area (Å²) in [5, 5.41) is 15.2. The van der Waals surface area contributed by atoms with Crippen molar-refractivity contribution in [2.24, 2.45) is 0 Å². The molecular weight excluding hydrogens is 312 g/mol. The number of hydrogen-bond acceptors (Lipinski definition) is 4. The molecule has 0 aromatic heterocycles. The van der Waals surface area contributed by atoms with Gasteiger partial charge in [0.2, 0.25) is 0 Å². The second-order valence-electron chi connectivity index (χ2n) is 0.447. The maximum atomic E-state index is 7.62. The molecule has 0 spiro atoms. The smallest absolute Gasteiger partial charge is 0.0662 e. The standard InChI is InChI=1S/C2H6O2.2Mo.S2/c3-1-2-4;;;1-2/h3-4H,1-2H2;;;/q;;;-2. The third-order valence-corrected chi connectivity index (χ3v) is 0.1000. The maximum absolute atomic E-state index is 7.62. The molecule has 0 rings (SSSR count). The first-order valence-electron chi connectivity index (χ1n) is 1.30. The van der Waals surface area contributed by atoms with Crippen LogP contribution in [0.25, 0.3) is 0 Å². The Bertz CT molecular complexity index is 18.0. The van der Waals surface area contributed by atoms with Crippen LogP contribution in [0.4, 0.5) is 0 Å². The molecule has 0 aliphatic heterocycles. The zero-order valence-electron chi connectivity index (χ0n) is 3.94. The van der Waals surface area contributed by atoms with E-state index in [1.54, 1.807) is 0 Å². The zero-order valence-corrected chi connectivity index (χ0v) is 9.59. The second-order valence-corrected chi connectivity index (χ2v) is 0.447. The first-order valence-corrected chi connectivity index (χ1v) is 2.63. The molecule has 0 atom stereocenters. The molecule has 8 heavy (non-hydrogen) atoms. The van der Waals surface area contributed by atoms with Gasteiger partial charge in [0, 0.05) is 42.1 Å². The topological polar surface area (TPSA) is 40.5 Å². The third kappa shape index (κ3) is 43.6. The van der Waals surface area contributed by atoms with E-state index in [-0.39, 0.29) is 55.3 Å². The molecule has 6 heteroatoms. The third-order valence-electron chi connectivity index (χ3n) is 0.1000. The fourth-order valence-corrected chi connectivity index (χ4v) is 0. The van der Waals surface area contributed by atoms with Crippen molar-refractivity contribution >= 4 is 23.3 Å². The van der Waals surface area contributed by atoms with Crippen molar-refractivity contribution < 1.29 is 52.3 Å². The van der Waals surface area contributed by atoms with Gasteiger partial charge < -0.3 is 33.5 Å². The molecule has 0 aliphatic carbocycles. The summed E-state index contributed by atoms with van der Waals surface area (Å²) in [7, 11) is 0. The first-order chi connectivity index (χ1) is 2.91. The van der Waals surface area contributed by atoms with E-state index in [0.29, 0.717) is 0 Å². The SMILES string of the molecule is OCCO.[Mo].[Mo].[S-][S-]. The average Bonchev–Trinajstić information content (AvgIpc) is 1.72. The molecule has 0 aromatic carbocycles. The van der Waals surface area contributed by atoms with Crippen molar-refractivity contribution in [1.29, 1.82) is 0 Å². The summed E-state index contributed by atoms with van der Waals surface area (Å²) in [6.07, 6.45) is 0. The van der Waals surface area contributed by atoms with E-state index in [2.05, 4.69) is 23.3 Å². The van der Waals surface area contributed by atoms with Crippen molar-refractivity contribution in [3.05, 3.63) is 0 Å². The monoisotopic (exact) mass is 322 g/mol. The van der Waals surface area contributed by atoms with Crippen LogP contribution >= 0.6 is 0 Å². The molecule has 52 valence electrons. The molecule has 0 aromatic rings. The Morgan fingerprint density at radius 1 is 0.875 bits per heavy atom. The molecular formula is C2H6Mo2O2S2-2. The summed E-state index contributed by atoms with van der Waals surface area (Å²) in [5.74, 6) is 0. The molecule has 2 N–H and O–H groups in total. The summed E-state index contributed by atoms with van der Waals surface area (Å²) in [5.41, 5.74) is 0. The summed E-state index contributed by atoms with van der Waals surface area (Å²) < 4.78 is 0. The van der Waals surface area contributed by atoms with Crippen LogP contribution in [0.3, 0.4) is 0 Å². The van der Waals surface area contributed by atoms with Gasteiger partial charge in [0.25, 0.3) is 0 Å². The fourth-order valence-electron chi connectivity index (χ4n) is 0. The first kappa shape index (κ1) is 22.5. The van der Waals surface area contributed by atoms with Crippen molar-refractivity contribution in [2.75, 3.05) is 13.2 Å². The van der Waals surface area contributed by atoms with Crippen molar-refractivity contribution in [2.45, 2.75) is 0 Å². The number of rotatable bonds is 1. The Kier molecular flexibility index (Phi) is 101. The zero-order chi connectivity index (χ0) is 5.41. The molecule has 0 saturated heterocycles. The van der Waals surface area contributed by atoms with Gasteiger partial charge in [-0.15, -0.1) is 0 Å². The fraction of sp³-hybridized carbons (Fsp3) is 1.00. The van der Waals surface area contributed by atoms with E-state index in [4.69, 9.17) is 10.2 Å². The maximum Gasteiger partial charge on any atom is 0.0662 e. The van der Waals surface area contributed by atoms with Crippen LogP contribution in [0.1, 0.15) is 0 Å². The van der Waals surface area contributed by atoms with Crippen LogP contribution in [0, 0.1) is 0 Å². The Morgan fingerprint density at radius 3 is 1.00 bits per heavy atom. The van der Waals surface area contributed by atoms with Gasteiger partial charge in [0.05, 0.1) is 13.2 Å². The largest absolute Gasteiger partial charge is 1.00 e. The van der Waals surface area contributed by atoms with Gasteiger partial charge in [-0.1, -0.05) is 0 Å². The summed E-state index contributed by atoms with van der Waals surface area (Å²) in [6, 6.07) is 0. The van der Waals surface area contributed by atoms with Crippen molar-refractivity contribution in [3.8, 4) is 0 Å². The average molecular weight is 318 g/mol. The van der Waals surface area contributed by atoms with Gasteiger partial charge in [-0.3, -0.25) is 0 Å². The van der Waals surface area contributed by atoms with Crippen LogP contribution in [0.5, 0.6) is 0 Å². The molecule has 0 bridgehead atoms. The number of hydrogen-bond donors (Lipinski definition) is 2. The predicted octanol–water partition coefficient (Wildman–Crippen LogP) is -1.04. The summed E-state index contributed by atoms with van der Waals surface area (Å²) in [6.45, 7) is -0.250. The van der Waals surface area contributed by atoms with E-state index < -0.39 is 0 Å². The van der Waals surface area contributed by atoms with E-state index in [1.165, 1.54) is 0 Å². The molecule has 0 aliphatic rings. The van der Waals surface area contributed by atoms with Gasteiger partial charge in [0.1, 0.15) is 0 Å². The van der Waals surface area contributed by atoms with Gasteiger partial charge >= 0.3 is 0 Å². The molecule has 0 unspecified atom stereocenters. The van der Waals surface area contributed by atoms with Crippen LogP contribution < -0.4 is 0 Å². The second kappa shape index (κ2) is 36.0. The Balaban J connectivity index is -0.0000000183. The minimum atomic E-state index is -0.125. The number of aliphatic hydroxyl groups is 2. The molecule has 0 heterocycles. The van der Waals surface area contributed by atoms with Gasteiger partial charge in [0.15, 0.2) is 0 Å². The van der Waals surface area contributed by atoms with Gasteiger partial charge in [-0.05, 0) is 0 Å². The van der Waals surface area contributed by atoms with Crippen LogP contribution in [-0.2, 0) is 65.5 Å². The Morgan fingerprint density at radius 2 is 1.00 bits per heavy atom. The predicted molar refractivity (Wildman–Crippen MR) is 28.9 cm³/mol. The summed E-state index contributed by atoms with van der Waals surface area (Å²) in [4.78, 5) is 0. The Hall–Kier alpha value is 2.00. The van der Waals surface area contributed by atoms with E-state index in [0.717, 1.165) is 0 Å². The van der Waals surface area contributed by atoms with E-state index in [1.807, 2.05) is 0 Å². The molecule has 0 saturated carbocycles. The van der Waals surface area contributed by atoms with Crippen LogP contribution in [0.15, 0.2) is 0 Å². The van der Waals surface area contributed by atoms with E-state index >= 15 is 0 Å².